The maximum atomic E-state index is 12.3. The molecule has 2 rings (SSSR count). The lowest BCUT2D eigenvalue weighted by Crippen LogP contribution is -2.36. The van der Waals surface area contributed by atoms with Crippen LogP contribution in [0.2, 0.25) is 0 Å². The van der Waals surface area contributed by atoms with Crippen molar-refractivity contribution in [2.24, 2.45) is 0 Å². The van der Waals surface area contributed by atoms with Crippen LogP contribution < -0.4 is 10.0 Å². The quantitative estimate of drug-likeness (QED) is 0.821. The second-order valence-electron chi connectivity index (χ2n) is 4.37. The summed E-state index contributed by atoms with van der Waals surface area (Å²) in [5.74, 6) is 0. The molecule has 0 amide bonds. The minimum atomic E-state index is -3.51. The van der Waals surface area contributed by atoms with E-state index in [-0.39, 0.29) is 10.9 Å². The summed E-state index contributed by atoms with van der Waals surface area (Å²) in [6.07, 6.45) is 0.820. The molecular weight excluding hydrogens is 384 g/mol. The summed E-state index contributed by atoms with van der Waals surface area (Å²) in [6.45, 7) is 3.45. The number of benzene rings is 1. The number of halogens is 2. The Labute approximate surface area is 124 Å². The molecule has 0 bridgehead atoms. The molecule has 0 aliphatic carbocycles. The Morgan fingerprint density at radius 2 is 1.94 bits per heavy atom. The van der Waals surface area contributed by atoms with E-state index in [0.717, 1.165) is 18.5 Å². The first kappa shape index (κ1) is 14.5. The molecule has 0 aromatic heterocycles. The lowest BCUT2D eigenvalue weighted by atomic mass is 10.2. The highest BCUT2D eigenvalue weighted by Crippen LogP contribution is 2.31. The molecule has 100 valence electrons. The third kappa shape index (κ3) is 3.14. The van der Waals surface area contributed by atoms with Crippen molar-refractivity contribution in [2.45, 2.75) is 24.3 Å². The average Bonchev–Trinajstić information content (AvgIpc) is 2.66. The first-order chi connectivity index (χ1) is 8.40. The predicted octanol–water partition coefficient (Wildman–Crippen LogP) is 2.16. The Morgan fingerprint density at radius 3 is 2.44 bits per heavy atom. The molecule has 0 spiro atoms. The van der Waals surface area contributed by atoms with E-state index in [1.165, 1.54) is 0 Å². The van der Waals surface area contributed by atoms with Gasteiger partial charge >= 0.3 is 0 Å². The van der Waals surface area contributed by atoms with Gasteiger partial charge in [-0.1, -0.05) is 0 Å². The monoisotopic (exact) mass is 396 g/mol. The first-order valence-electron chi connectivity index (χ1n) is 5.59. The van der Waals surface area contributed by atoms with Gasteiger partial charge in [-0.2, -0.15) is 0 Å². The second kappa shape index (κ2) is 5.58. The zero-order valence-electron chi connectivity index (χ0n) is 9.83. The summed E-state index contributed by atoms with van der Waals surface area (Å²) in [6, 6.07) is 3.56. The molecule has 7 heteroatoms. The average molecular weight is 398 g/mol. The Hall–Kier alpha value is 0.0500. The van der Waals surface area contributed by atoms with Crippen LogP contribution >= 0.6 is 31.9 Å². The van der Waals surface area contributed by atoms with Crippen LogP contribution in [0.15, 0.2) is 26.0 Å². The van der Waals surface area contributed by atoms with Crippen LogP contribution in [0.25, 0.3) is 0 Å². The molecule has 1 unspecified atom stereocenters. The van der Waals surface area contributed by atoms with Crippen molar-refractivity contribution in [3.05, 3.63) is 26.6 Å². The highest BCUT2D eigenvalue weighted by molar-refractivity contribution is 9.11. The smallest absolute Gasteiger partial charge is 0.243 e. The Balaban J connectivity index is 2.34. The van der Waals surface area contributed by atoms with Gasteiger partial charge < -0.3 is 5.32 Å². The van der Waals surface area contributed by atoms with Crippen LogP contribution in [0, 0.1) is 6.92 Å². The molecule has 1 atom stereocenters. The van der Waals surface area contributed by atoms with Gasteiger partial charge in [-0.15, -0.1) is 0 Å². The maximum Gasteiger partial charge on any atom is 0.243 e. The van der Waals surface area contributed by atoms with Crippen LogP contribution in [-0.2, 0) is 10.0 Å². The summed E-state index contributed by atoms with van der Waals surface area (Å²) in [5, 5.41) is 3.13. The zero-order valence-corrected chi connectivity index (χ0v) is 13.8. The second-order valence-corrected chi connectivity index (χ2v) is 7.73. The van der Waals surface area contributed by atoms with Crippen molar-refractivity contribution >= 4 is 41.9 Å². The van der Waals surface area contributed by atoms with Crippen LogP contribution in [0.4, 0.5) is 0 Å². The molecule has 4 nitrogen and oxygen atoms in total. The molecule has 1 fully saturated rings. The highest BCUT2D eigenvalue weighted by Gasteiger charge is 2.26. The number of hydrogen-bond donors (Lipinski definition) is 2. The topological polar surface area (TPSA) is 58.2 Å². The summed E-state index contributed by atoms with van der Waals surface area (Å²) in [4.78, 5) is 0.264. The van der Waals surface area contributed by atoms with Crippen molar-refractivity contribution < 1.29 is 8.42 Å². The SMILES string of the molecule is Cc1cc(Br)c(S(=O)(=O)NC2CCNC2)c(Br)c1. The van der Waals surface area contributed by atoms with E-state index in [1.54, 1.807) is 12.1 Å². The fourth-order valence-electron chi connectivity index (χ4n) is 1.98. The van der Waals surface area contributed by atoms with E-state index in [4.69, 9.17) is 0 Å². The van der Waals surface area contributed by atoms with Gasteiger partial charge in [0.2, 0.25) is 10.0 Å². The Morgan fingerprint density at radius 1 is 1.33 bits per heavy atom. The Kier molecular flexibility index (Phi) is 4.48. The van der Waals surface area contributed by atoms with E-state index < -0.39 is 10.0 Å². The van der Waals surface area contributed by atoms with E-state index in [1.807, 2.05) is 6.92 Å². The number of sulfonamides is 1. The molecule has 1 saturated heterocycles. The Bertz CT molecular complexity index is 531. The highest BCUT2D eigenvalue weighted by atomic mass is 79.9. The van der Waals surface area contributed by atoms with E-state index >= 15 is 0 Å². The summed E-state index contributed by atoms with van der Waals surface area (Å²) in [5.41, 5.74) is 0.996. The van der Waals surface area contributed by atoms with Gasteiger partial charge in [0.1, 0.15) is 4.90 Å². The van der Waals surface area contributed by atoms with Crippen molar-refractivity contribution in [1.29, 1.82) is 0 Å². The number of aryl methyl sites for hydroxylation is 1. The lowest BCUT2D eigenvalue weighted by molar-refractivity contribution is 0.559. The maximum absolute atomic E-state index is 12.3. The van der Waals surface area contributed by atoms with Crippen LogP contribution in [0.3, 0.4) is 0 Å². The third-order valence-corrected chi connectivity index (χ3v) is 6.19. The van der Waals surface area contributed by atoms with Gasteiger partial charge in [0.25, 0.3) is 0 Å². The standard InChI is InChI=1S/C11H14Br2N2O2S/c1-7-4-9(12)11(10(13)5-7)18(16,17)15-8-2-3-14-6-8/h4-5,8,14-15H,2-3,6H2,1H3. The minimum Gasteiger partial charge on any atom is -0.315 e. The van der Waals surface area contributed by atoms with Crippen LogP contribution in [0.1, 0.15) is 12.0 Å². The first-order valence-corrected chi connectivity index (χ1v) is 8.66. The molecule has 0 saturated carbocycles. The predicted molar refractivity (Wildman–Crippen MR) is 78.2 cm³/mol. The lowest BCUT2D eigenvalue weighted by Gasteiger charge is -2.14. The molecule has 1 heterocycles. The third-order valence-electron chi connectivity index (χ3n) is 2.79. The van der Waals surface area contributed by atoms with Crippen molar-refractivity contribution in [1.82, 2.24) is 10.0 Å². The van der Waals surface area contributed by atoms with E-state index in [9.17, 15) is 8.42 Å². The van der Waals surface area contributed by atoms with Gasteiger partial charge in [0, 0.05) is 21.5 Å². The molecule has 0 radical (unpaired) electrons. The summed E-state index contributed by atoms with van der Waals surface area (Å²) in [7, 11) is -3.51. The zero-order chi connectivity index (χ0) is 13.3. The largest absolute Gasteiger partial charge is 0.315 e. The number of nitrogens with one attached hydrogen (secondary N) is 2. The van der Waals surface area contributed by atoms with Gasteiger partial charge in [-0.25, -0.2) is 13.1 Å². The van der Waals surface area contributed by atoms with Gasteiger partial charge in [-0.05, 0) is 69.4 Å². The summed E-state index contributed by atoms with van der Waals surface area (Å²) < 4.78 is 28.6. The molecule has 1 aliphatic rings. The van der Waals surface area contributed by atoms with Gasteiger partial charge in [0.05, 0.1) is 0 Å². The number of rotatable bonds is 3. The molecule has 1 aromatic carbocycles. The molecule has 2 N–H and O–H groups in total. The normalized spacial score (nSPS) is 20.3. The van der Waals surface area contributed by atoms with Crippen molar-refractivity contribution in [3.8, 4) is 0 Å². The van der Waals surface area contributed by atoms with Crippen molar-refractivity contribution in [3.63, 3.8) is 0 Å². The van der Waals surface area contributed by atoms with Crippen LogP contribution in [-0.4, -0.2) is 27.5 Å². The van der Waals surface area contributed by atoms with Crippen molar-refractivity contribution in [2.75, 3.05) is 13.1 Å². The fraction of sp³-hybridized carbons (Fsp3) is 0.455. The molecule has 1 aromatic rings. The molecule has 1 aliphatic heterocycles. The van der Waals surface area contributed by atoms with E-state index in [0.29, 0.717) is 15.5 Å². The van der Waals surface area contributed by atoms with Crippen LogP contribution in [0.5, 0.6) is 0 Å². The molecular formula is C11H14Br2N2O2S. The molecule has 18 heavy (non-hydrogen) atoms. The number of hydrogen-bond acceptors (Lipinski definition) is 3. The summed E-state index contributed by atoms with van der Waals surface area (Å²) >= 11 is 6.64. The van der Waals surface area contributed by atoms with E-state index in [2.05, 4.69) is 41.9 Å². The minimum absolute atomic E-state index is 0.0323. The van der Waals surface area contributed by atoms with Gasteiger partial charge in [-0.3, -0.25) is 0 Å². The fourth-order valence-corrected chi connectivity index (χ4v) is 6.06. The van der Waals surface area contributed by atoms with Gasteiger partial charge in [0.15, 0.2) is 0 Å².